The number of aliphatic imine (C=N–C) groups is 1. The minimum atomic E-state index is 0.110. The SMILES string of the molecule is CN=C(NCC(=O)N1CCc2ccccc21)N1CC2C3CCC(O3)C2C1. The zero-order valence-electron chi connectivity index (χ0n) is 15.2. The maximum Gasteiger partial charge on any atom is 0.246 e. The van der Waals surface area contributed by atoms with E-state index in [0.29, 0.717) is 24.0 Å². The molecule has 0 aliphatic carbocycles. The number of nitrogens with zero attached hydrogens (tertiary/aromatic N) is 3. The first kappa shape index (κ1) is 16.1. The number of anilines is 1. The van der Waals surface area contributed by atoms with E-state index in [4.69, 9.17) is 4.74 Å². The van der Waals surface area contributed by atoms with E-state index in [9.17, 15) is 4.79 Å². The Morgan fingerprint density at radius 2 is 1.96 bits per heavy atom. The van der Waals surface area contributed by atoms with Crippen molar-refractivity contribution in [1.29, 1.82) is 0 Å². The number of benzene rings is 1. The van der Waals surface area contributed by atoms with Gasteiger partial charge in [0.15, 0.2) is 5.96 Å². The molecule has 5 rings (SSSR count). The molecule has 0 aromatic heterocycles. The fraction of sp³-hybridized carbons (Fsp3) is 0.600. The van der Waals surface area contributed by atoms with Gasteiger partial charge in [0.05, 0.1) is 18.8 Å². The molecule has 4 aliphatic heterocycles. The molecule has 1 N–H and O–H groups in total. The first-order valence-corrected chi connectivity index (χ1v) is 9.74. The summed E-state index contributed by atoms with van der Waals surface area (Å²) in [7, 11) is 1.80. The van der Waals surface area contributed by atoms with Crippen molar-refractivity contribution >= 4 is 17.6 Å². The van der Waals surface area contributed by atoms with Crippen molar-refractivity contribution in [1.82, 2.24) is 10.2 Å². The Balaban J connectivity index is 1.21. The van der Waals surface area contributed by atoms with Crippen molar-refractivity contribution in [2.75, 3.05) is 38.1 Å². The van der Waals surface area contributed by atoms with Crippen LogP contribution in [0.3, 0.4) is 0 Å². The fourth-order valence-corrected chi connectivity index (χ4v) is 5.31. The summed E-state index contributed by atoms with van der Waals surface area (Å²) in [4.78, 5) is 21.4. The molecule has 0 radical (unpaired) electrons. The number of carbonyl (C=O) groups is 1. The second kappa shape index (κ2) is 6.27. The van der Waals surface area contributed by atoms with E-state index in [1.807, 2.05) is 23.1 Å². The highest BCUT2D eigenvalue weighted by molar-refractivity contribution is 5.98. The highest BCUT2D eigenvalue weighted by Gasteiger charge is 2.53. The van der Waals surface area contributed by atoms with E-state index in [1.54, 1.807) is 7.05 Å². The van der Waals surface area contributed by atoms with Crippen molar-refractivity contribution in [2.45, 2.75) is 31.5 Å². The summed E-state index contributed by atoms with van der Waals surface area (Å²) in [5, 5.41) is 3.30. The van der Waals surface area contributed by atoms with Gasteiger partial charge < -0.3 is 19.9 Å². The molecular formula is C20H26N4O2. The van der Waals surface area contributed by atoms with Crippen LogP contribution < -0.4 is 10.2 Å². The molecular weight excluding hydrogens is 328 g/mol. The smallest absolute Gasteiger partial charge is 0.246 e. The van der Waals surface area contributed by atoms with Crippen molar-refractivity contribution in [2.24, 2.45) is 16.8 Å². The maximum atomic E-state index is 12.7. The predicted molar refractivity (Wildman–Crippen MR) is 100 cm³/mol. The van der Waals surface area contributed by atoms with E-state index in [2.05, 4.69) is 21.3 Å². The minimum absolute atomic E-state index is 0.110. The lowest BCUT2D eigenvalue weighted by Crippen LogP contribution is -2.46. The predicted octanol–water partition coefficient (Wildman–Crippen LogP) is 1.26. The standard InChI is InChI=1S/C20H26N4O2/c1-21-20(23-11-14-15(12-23)18-7-6-17(14)26-18)22-10-19(25)24-9-8-13-4-2-3-5-16(13)24/h2-5,14-15,17-18H,6-12H2,1H3,(H,21,22). The third kappa shape index (κ3) is 2.50. The molecule has 3 fully saturated rings. The number of guanidine groups is 1. The Kier molecular flexibility index (Phi) is 3.89. The van der Waals surface area contributed by atoms with Crippen LogP contribution in [0.4, 0.5) is 5.69 Å². The molecule has 1 aromatic carbocycles. The third-order valence-corrected chi connectivity index (χ3v) is 6.55. The molecule has 6 nitrogen and oxygen atoms in total. The average molecular weight is 354 g/mol. The summed E-state index contributed by atoms with van der Waals surface area (Å²) in [5.74, 6) is 2.22. The van der Waals surface area contributed by atoms with Crippen LogP contribution in [0.1, 0.15) is 18.4 Å². The van der Waals surface area contributed by atoms with Gasteiger partial charge in [-0.3, -0.25) is 9.79 Å². The van der Waals surface area contributed by atoms with Crippen LogP contribution >= 0.6 is 0 Å². The molecule has 4 aliphatic rings. The lowest BCUT2D eigenvalue weighted by molar-refractivity contribution is -0.117. The minimum Gasteiger partial charge on any atom is -0.374 e. The van der Waals surface area contributed by atoms with Gasteiger partial charge in [-0.1, -0.05) is 18.2 Å². The summed E-state index contributed by atoms with van der Waals surface area (Å²) < 4.78 is 6.05. The van der Waals surface area contributed by atoms with E-state index in [1.165, 1.54) is 18.4 Å². The molecule has 6 heteroatoms. The number of hydrogen-bond donors (Lipinski definition) is 1. The van der Waals surface area contributed by atoms with Crippen LogP contribution in [0.2, 0.25) is 0 Å². The van der Waals surface area contributed by atoms with Crippen LogP contribution in [0.15, 0.2) is 29.3 Å². The number of fused-ring (bicyclic) bond motifs is 6. The number of likely N-dealkylation sites (tertiary alicyclic amines) is 1. The maximum absolute atomic E-state index is 12.7. The summed E-state index contributed by atoms with van der Waals surface area (Å²) in [6, 6.07) is 8.17. The molecule has 3 saturated heterocycles. The lowest BCUT2D eigenvalue weighted by atomic mass is 9.82. The second-order valence-electron chi connectivity index (χ2n) is 7.85. The van der Waals surface area contributed by atoms with Gasteiger partial charge in [-0.2, -0.15) is 0 Å². The average Bonchev–Trinajstić information content (AvgIpc) is 3.42. The van der Waals surface area contributed by atoms with Gasteiger partial charge in [0.2, 0.25) is 5.91 Å². The Morgan fingerprint density at radius 1 is 1.23 bits per heavy atom. The Hall–Kier alpha value is -2.08. The quantitative estimate of drug-likeness (QED) is 0.642. The monoisotopic (exact) mass is 354 g/mol. The van der Waals surface area contributed by atoms with Gasteiger partial charge >= 0.3 is 0 Å². The number of carbonyl (C=O) groups excluding carboxylic acids is 1. The van der Waals surface area contributed by atoms with Crippen molar-refractivity contribution in [3.8, 4) is 0 Å². The molecule has 138 valence electrons. The summed E-state index contributed by atoms with van der Waals surface area (Å²) >= 11 is 0. The van der Waals surface area contributed by atoms with Crippen LogP contribution in [0.5, 0.6) is 0 Å². The summed E-state index contributed by atoms with van der Waals surface area (Å²) in [5.41, 5.74) is 2.31. The largest absolute Gasteiger partial charge is 0.374 e. The van der Waals surface area contributed by atoms with Crippen LogP contribution in [-0.4, -0.2) is 62.2 Å². The molecule has 1 aromatic rings. The van der Waals surface area contributed by atoms with Crippen molar-refractivity contribution < 1.29 is 9.53 Å². The third-order valence-electron chi connectivity index (χ3n) is 6.55. The normalized spacial score (nSPS) is 32.1. The van der Waals surface area contributed by atoms with E-state index in [0.717, 1.165) is 37.7 Å². The summed E-state index contributed by atoms with van der Waals surface area (Å²) in [6.07, 6.45) is 4.23. The van der Waals surface area contributed by atoms with Gasteiger partial charge in [0.1, 0.15) is 0 Å². The number of rotatable bonds is 2. The molecule has 4 unspecified atom stereocenters. The van der Waals surface area contributed by atoms with E-state index in [-0.39, 0.29) is 12.5 Å². The Labute approximate surface area is 154 Å². The van der Waals surface area contributed by atoms with Gasteiger partial charge in [0.25, 0.3) is 0 Å². The van der Waals surface area contributed by atoms with Gasteiger partial charge in [0, 0.05) is 44.2 Å². The first-order valence-electron chi connectivity index (χ1n) is 9.74. The molecule has 4 heterocycles. The topological polar surface area (TPSA) is 57.2 Å². The lowest BCUT2D eigenvalue weighted by Gasteiger charge is -2.24. The Morgan fingerprint density at radius 3 is 2.69 bits per heavy atom. The van der Waals surface area contributed by atoms with Gasteiger partial charge in [-0.05, 0) is 30.9 Å². The number of nitrogens with one attached hydrogen (secondary N) is 1. The number of hydrogen-bond acceptors (Lipinski definition) is 3. The van der Waals surface area contributed by atoms with Crippen molar-refractivity contribution in [3.05, 3.63) is 29.8 Å². The van der Waals surface area contributed by atoms with Crippen LogP contribution in [0.25, 0.3) is 0 Å². The van der Waals surface area contributed by atoms with E-state index >= 15 is 0 Å². The molecule has 0 spiro atoms. The molecule has 1 amide bonds. The molecule has 26 heavy (non-hydrogen) atoms. The summed E-state index contributed by atoms with van der Waals surface area (Å²) in [6.45, 7) is 3.04. The Bertz CT molecular complexity index is 731. The van der Waals surface area contributed by atoms with Crippen LogP contribution in [0, 0.1) is 11.8 Å². The zero-order valence-corrected chi connectivity index (χ0v) is 15.2. The molecule has 4 atom stereocenters. The number of para-hydroxylation sites is 1. The molecule has 2 bridgehead atoms. The van der Waals surface area contributed by atoms with Crippen molar-refractivity contribution in [3.63, 3.8) is 0 Å². The van der Waals surface area contributed by atoms with Crippen LogP contribution in [-0.2, 0) is 16.0 Å². The highest BCUT2D eigenvalue weighted by atomic mass is 16.5. The highest BCUT2D eigenvalue weighted by Crippen LogP contribution is 2.47. The number of ether oxygens (including phenoxy) is 1. The van der Waals surface area contributed by atoms with E-state index < -0.39 is 0 Å². The van der Waals surface area contributed by atoms with Gasteiger partial charge in [-0.25, -0.2) is 0 Å². The second-order valence-corrected chi connectivity index (χ2v) is 7.85. The zero-order chi connectivity index (χ0) is 17.7. The first-order chi connectivity index (χ1) is 12.7. The molecule has 0 saturated carbocycles. The number of amides is 1. The fourth-order valence-electron chi connectivity index (χ4n) is 5.31. The van der Waals surface area contributed by atoms with Gasteiger partial charge in [-0.15, -0.1) is 0 Å².